The number of unbranched alkanes of at least 4 members (excludes halogenated alkanes) is 2. The summed E-state index contributed by atoms with van der Waals surface area (Å²) in [5.74, 6) is 3.63. The molecule has 1 aliphatic heterocycles. The van der Waals surface area contributed by atoms with E-state index in [2.05, 4.69) is 29.3 Å². The molecule has 68 heavy (non-hydrogen) atoms. The molecule has 0 radical (unpaired) electrons. The van der Waals surface area contributed by atoms with Gasteiger partial charge in [-0.25, -0.2) is 10.9 Å². The number of likely N-dealkylation sites (tertiary alicyclic amines) is 1. The lowest BCUT2D eigenvalue weighted by Gasteiger charge is -2.40. The number of aliphatic imine (C=N–C) groups is 1. The quantitative estimate of drug-likeness (QED) is 0.0397. The van der Waals surface area contributed by atoms with E-state index in [1.807, 2.05) is 106 Å². The molecular formula is C52H84N8O8. The van der Waals surface area contributed by atoms with Gasteiger partial charge in [-0.1, -0.05) is 89.9 Å². The minimum Gasteiger partial charge on any atom is -0.379 e. The average molecular weight is 949 g/mol. The van der Waals surface area contributed by atoms with Gasteiger partial charge < -0.3 is 44.5 Å². The first-order chi connectivity index (χ1) is 32.4. The van der Waals surface area contributed by atoms with Crippen molar-refractivity contribution in [2.45, 2.75) is 136 Å². The molecule has 3 rings (SSSR count). The number of guanidine groups is 1. The first-order valence-corrected chi connectivity index (χ1v) is 24.5. The number of anilines is 1. The predicted octanol–water partition coefficient (Wildman–Crippen LogP) is 5.93. The highest BCUT2D eigenvalue weighted by Gasteiger charge is 2.43. The Bertz CT molecular complexity index is 1880. The lowest BCUT2D eigenvalue weighted by atomic mass is 9.85. The number of nitrogens with one attached hydrogen (secondary N) is 2. The number of benzene rings is 2. The number of ketones is 1. The summed E-state index contributed by atoms with van der Waals surface area (Å²) >= 11 is 0. The number of amides is 4. The van der Waals surface area contributed by atoms with Gasteiger partial charge in [-0.05, 0) is 67.2 Å². The lowest BCUT2D eigenvalue weighted by molar-refractivity contribution is -0.146. The first kappa shape index (κ1) is 57.4. The normalized spacial score (nSPS) is 16.7. The third kappa shape index (κ3) is 17.3. The van der Waals surface area contributed by atoms with Crippen molar-refractivity contribution in [1.82, 2.24) is 24.9 Å². The molecular weight excluding hydrogens is 865 g/mol. The smallest absolute Gasteiger partial charge is 0.247 e. The molecule has 1 heterocycles. The molecule has 1 aliphatic rings. The largest absolute Gasteiger partial charge is 0.379 e. The molecule has 380 valence electrons. The van der Waals surface area contributed by atoms with Crippen LogP contribution < -0.4 is 16.5 Å². The zero-order valence-electron chi connectivity index (χ0n) is 43.2. The summed E-state index contributed by atoms with van der Waals surface area (Å²) in [7, 11) is 12.6. The summed E-state index contributed by atoms with van der Waals surface area (Å²) in [6.07, 6.45) is 4.12. The van der Waals surface area contributed by atoms with Gasteiger partial charge in [-0.3, -0.25) is 24.0 Å². The number of hydrogen-bond donors (Lipinski definition) is 3. The monoisotopic (exact) mass is 949 g/mol. The number of likely N-dealkylation sites (N-methyl/N-ethyl adjacent to an activating group) is 1. The molecule has 0 bridgehead atoms. The van der Waals surface area contributed by atoms with Gasteiger partial charge in [-0.15, -0.1) is 0 Å². The molecule has 0 unspecified atom stereocenters. The second-order valence-corrected chi connectivity index (χ2v) is 19.2. The summed E-state index contributed by atoms with van der Waals surface area (Å²) in [5.41, 5.74) is 2.40. The van der Waals surface area contributed by atoms with Gasteiger partial charge in [0.2, 0.25) is 23.6 Å². The van der Waals surface area contributed by atoms with Crippen LogP contribution in [0, 0.1) is 23.7 Å². The summed E-state index contributed by atoms with van der Waals surface area (Å²) in [4.78, 5) is 86.4. The highest BCUT2D eigenvalue weighted by molar-refractivity contribution is 5.96. The zero-order valence-corrected chi connectivity index (χ0v) is 43.2. The molecule has 0 aromatic heterocycles. The Kier molecular flexibility index (Phi) is 24.7. The van der Waals surface area contributed by atoms with Crippen molar-refractivity contribution in [2.24, 2.45) is 34.6 Å². The third-order valence-electron chi connectivity index (χ3n) is 13.3. The van der Waals surface area contributed by atoms with Crippen molar-refractivity contribution in [3.05, 3.63) is 65.7 Å². The van der Waals surface area contributed by atoms with Gasteiger partial charge in [0.15, 0.2) is 5.96 Å². The summed E-state index contributed by atoms with van der Waals surface area (Å²) in [5, 5.41) is 5.96. The SMILES string of the molecule is CC[C@H](C)[C@@H]([C@@H](CC(=O)N1CCC[C@H]1[C@H](OC)[C@@H](C)C(=O)C[C@@H](Cc1ccccc1)C(=O)Nc1ccc(CNC(=O)CCCCCON)cc1)OC)N(C)C(=O)[C@@H](N=C(N(C)C)N(C)C)C(C)C. The number of ether oxygens (including phenoxy) is 2. The van der Waals surface area contributed by atoms with Crippen molar-refractivity contribution < 1.29 is 38.3 Å². The van der Waals surface area contributed by atoms with E-state index in [9.17, 15) is 24.0 Å². The van der Waals surface area contributed by atoms with Gasteiger partial charge in [0.05, 0.1) is 37.3 Å². The summed E-state index contributed by atoms with van der Waals surface area (Å²) < 4.78 is 12.2. The van der Waals surface area contributed by atoms with Crippen LogP contribution in [0.1, 0.15) is 104 Å². The van der Waals surface area contributed by atoms with Gasteiger partial charge in [0.1, 0.15) is 11.8 Å². The Morgan fingerprint density at radius 2 is 1.51 bits per heavy atom. The van der Waals surface area contributed by atoms with E-state index in [1.165, 1.54) is 0 Å². The van der Waals surface area contributed by atoms with Crippen molar-refractivity contribution in [3.8, 4) is 0 Å². The van der Waals surface area contributed by atoms with Crippen molar-refractivity contribution in [3.63, 3.8) is 0 Å². The standard InChI is InChI=1S/C52H84N8O8/c1-13-36(4)48(59(10)51(65)47(35(2)3)56-52(57(6)7)58(8)9)44(66-11)33-46(63)60-29-20-23-42(60)49(67-12)37(5)43(61)32-40(31-38-21-16-14-17-22-38)50(64)55-41-27-25-39(26-28-41)34-54-45(62)24-18-15-19-30-68-53/h14,16-17,21-22,25-28,35-37,40,42,44,47-49H,13,15,18-20,23-24,29-34,53H2,1-12H3,(H,54,62)(H,55,64)/t36-,37-,40+,42-,44+,47-,48-,49+/m0/s1. The molecule has 4 amide bonds. The molecule has 0 spiro atoms. The van der Waals surface area contributed by atoms with Gasteiger partial charge in [-0.2, -0.15) is 0 Å². The fraction of sp³-hybridized carbons (Fsp3) is 0.654. The molecule has 0 saturated carbocycles. The minimum atomic E-state index is -0.681. The highest BCUT2D eigenvalue weighted by Crippen LogP contribution is 2.31. The van der Waals surface area contributed by atoms with E-state index in [4.69, 9.17) is 20.4 Å². The zero-order chi connectivity index (χ0) is 50.5. The van der Waals surface area contributed by atoms with E-state index in [1.54, 1.807) is 38.3 Å². The molecule has 2 aromatic carbocycles. The second kappa shape index (κ2) is 29.2. The van der Waals surface area contributed by atoms with Crippen LogP contribution in [0.15, 0.2) is 59.6 Å². The van der Waals surface area contributed by atoms with Crippen LogP contribution in [0.2, 0.25) is 0 Å². The number of nitrogens with zero attached hydrogens (tertiary/aromatic N) is 5. The Morgan fingerprint density at radius 1 is 0.853 bits per heavy atom. The Hall–Kier alpha value is -4.90. The molecule has 0 aliphatic carbocycles. The number of nitrogens with two attached hydrogens (primary N) is 1. The maximum absolute atomic E-state index is 14.5. The van der Waals surface area contributed by atoms with Crippen LogP contribution in [-0.2, 0) is 51.2 Å². The molecule has 1 fully saturated rings. The number of methoxy groups -OCH3 is 2. The average Bonchev–Trinajstić information content (AvgIpc) is 3.80. The predicted molar refractivity (Wildman–Crippen MR) is 268 cm³/mol. The molecule has 2 aromatic rings. The topological polar surface area (TPSA) is 188 Å². The van der Waals surface area contributed by atoms with Crippen LogP contribution in [0.3, 0.4) is 0 Å². The lowest BCUT2D eigenvalue weighted by Crippen LogP contribution is -2.55. The first-order valence-electron chi connectivity index (χ1n) is 24.5. The highest BCUT2D eigenvalue weighted by atomic mass is 16.6. The van der Waals surface area contributed by atoms with E-state index in [-0.39, 0.29) is 60.1 Å². The Balaban J connectivity index is 1.76. The number of Topliss-reactive ketones (excluding diaryl/α,β-unsaturated/α-hetero) is 1. The Morgan fingerprint density at radius 3 is 2.09 bits per heavy atom. The maximum Gasteiger partial charge on any atom is 0.247 e. The Labute approximate surface area is 407 Å². The van der Waals surface area contributed by atoms with Crippen molar-refractivity contribution in [2.75, 3.05) is 67.9 Å². The molecule has 4 N–H and O–H groups in total. The summed E-state index contributed by atoms with van der Waals surface area (Å²) in [6, 6.07) is 15.5. The van der Waals surface area contributed by atoms with Crippen LogP contribution in [0.4, 0.5) is 5.69 Å². The van der Waals surface area contributed by atoms with E-state index in [0.717, 1.165) is 43.2 Å². The summed E-state index contributed by atoms with van der Waals surface area (Å²) in [6.45, 7) is 11.3. The maximum atomic E-state index is 14.5. The fourth-order valence-corrected chi connectivity index (χ4v) is 9.27. The van der Waals surface area contributed by atoms with Crippen LogP contribution >= 0.6 is 0 Å². The van der Waals surface area contributed by atoms with Crippen LogP contribution in [0.5, 0.6) is 0 Å². The number of rotatable bonds is 28. The van der Waals surface area contributed by atoms with E-state index in [0.29, 0.717) is 50.6 Å². The van der Waals surface area contributed by atoms with Gasteiger partial charge in [0, 0.05) is 92.9 Å². The van der Waals surface area contributed by atoms with Gasteiger partial charge in [0.25, 0.3) is 0 Å². The number of carbonyl (C=O) groups is 5. The fourth-order valence-electron chi connectivity index (χ4n) is 9.27. The third-order valence-corrected chi connectivity index (χ3v) is 13.3. The minimum absolute atomic E-state index is 0.00265. The van der Waals surface area contributed by atoms with Gasteiger partial charge >= 0.3 is 0 Å². The molecule has 1 saturated heterocycles. The molecule has 16 nitrogen and oxygen atoms in total. The number of hydrogen-bond acceptors (Lipinski definition) is 10. The van der Waals surface area contributed by atoms with Crippen LogP contribution in [0.25, 0.3) is 0 Å². The van der Waals surface area contributed by atoms with Crippen LogP contribution in [-0.4, -0.2) is 148 Å². The molecule has 8 atom stereocenters. The number of carbonyl (C=O) groups excluding carboxylic acids is 5. The second-order valence-electron chi connectivity index (χ2n) is 19.2. The van der Waals surface area contributed by atoms with Crippen molar-refractivity contribution in [1.29, 1.82) is 0 Å². The van der Waals surface area contributed by atoms with E-state index >= 15 is 0 Å². The van der Waals surface area contributed by atoms with Crippen molar-refractivity contribution >= 4 is 41.1 Å². The van der Waals surface area contributed by atoms with E-state index < -0.39 is 36.1 Å². The molecule has 16 heteroatoms.